The number of aryl methyl sites for hydroxylation is 3. The van der Waals surface area contributed by atoms with E-state index in [0.29, 0.717) is 22.5 Å². The molecule has 8 nitrogen and oxygen atoms in total. The van der Waals surface area contributed by atoms with E-state index in [2.05, 4.69) is 20.5 Å². The van der Waals surface area contributed by atoms with Crippen molar-refractivity contribution < 1.29 is 4.74 Å². The van der Waals surface area contributed by atoms with Crippen molar-refractivity contribution in [2.45, 2.75) is 43.5 Å². The van der Waals surface area contributed by atoms with E-state index in [4.69, 9.17) is 9.72 Å². The molecule has 1 aromatic carbocycles. The fourth-order valence-corrected chi connectivity index (χ4v) is 5.83. The Morgan fingerprint density at radius 1 is 1.30 bits per heavy atom. The Kier molecular flexibility index (Phi) is 5.03. The Hall–Kier alpha value is -2.72. The Morgan fingerprint density at radius 3 is 3.03 bits per heavy atom. The van der Waals surface area contributed by atoms with Gasteiger partial charge in [-0.15, -0.1) is 16.4 Å². The highest BCUT2D eigenvalue weighted by atomic mass is 32.2. The molecule has 0 aliphatic heterocycles. The third-order valence-corrected chi connectivity index (χ3v) is 7.33. The van der Waals surface area contributed by atoms with Gasteiger partial charge < -0.3 is 9.72 Å². The van der Waals surface area contributed by atoms with Crippen molar-refractivity contribution in [3.05, 3.63) is 50.4 Å². The zero-order valence-electron chi connectivity index (χ0n) is 16.6. The summed E-state index contributed by atoms with van der Waals surface area (Å²) in [5, 5.41) is 13.5. The van der Waals surface area contributed by atoms with E-state index in [1.54, 1.807) is 23.1 Å². The van der Waals surface area contributed by atoms with Gasteiger partial charge in [0.1, 0.15) is 22.1 Å². The van der Waals surface area contributed by atoms with Crippen LogP contribution in [-0.4, -0.2) is 37.3 Å². The van der Waals surface area contributed by atoms with Gasteiger partial charge >= 0.3 is 0 Å². The average Bonchev–Trinajstić information content (AvgIpc) is 3.36. The second-order valence-electron chi connectivity index (χ2n) is 7.24. The zero-order valence-corrected chi connectivity index (χ0v) is 18.3. The minimum absolute atomic E-state index is 0.0463. The molecule has 30 heavy (non-hydrogen) atoms. The van der Waals surface area contributed by atoms with Gasteiger partial charge in [0.2, 0.25) is 5.16 Å². The molecule has 0 saturated carbocycles. The smallest absolute Gasteiger partial charge is 0.259 e. The summed E-state index contributed by atoms with van der Waals surface area (Å²) in [5.41, 5.74) is 3.00. The zero-order chi connectivity index (χ0) is 20.7. The van der Waals surface area contributed by atoms with E-state index < -0.39 is 0 Å². The first-order chi connectivity index (χ1) is 14.6. The molecular weight excluding hydrogens is 420 g/mol. The number of benzene rings is 1. The van der Waals surface area contributed by atoms with Gasteiger partial charge in [-0.05, 0) is 66.3 Å². The summed E-state index contributed by atoms with van der Waals surface area (Å²) in [5.74, 6) is 1.77. The summed E-state index contributed by atoms with van der Waals surface area (Å²) in [6.45, 7) is 2.00. The first-order valence-electron chi connectivity index (χ1n) is 9.73. The second kappa shape index (κ2) is 7.84. The van der Waals surface area contributed by atoms with Crippen LogP contribution in [0.25, 0.3) is 15.9 Å². The predicted molar refractivity (Wildman–Crippen MR) is 117 cm³/mol. The monoisotopic (exact) mass is 440 g/mol. The Labute approximate surface area is 180 Å². The molecular formula is C20H20N6O2S2. The lowest BCUT2D eigenvalue weighted by atomic mass is 9.97. The lowest BCUT2D eigenvalue weighted by Gasteiger charge is -2.10. The van der Waals surface area contributed by atoms with Crippen molar-refractivity contribution in [1.82, 2.24) is 30.2 Å². The quantitative estimate of drug-likeness (QED) is 0.475. The van der Waals surface area contributed by atoms with Crippen LogP contribution < -0.4 is 10.3 Å². The number of rotatable bonds is 5. The second-order valence-corrected chi connectivity index (χ2v) is 9.27. The lowest BCUT2D eigenvalue weighted by molar-refractivity contribution is 0.410. The average molecular weight is 441 g/mol. The Bertz CT molecular complexity index is 1290. The number of H-pyrrole nitrogens is 1. The van der Waals surface area contributed by atoms with Crippen molar-refractivity contribution >= 4 is 33.3 Å². The van der Waals surface area contributed by atoms with E-state index in [1.807, 2.05) is 25.1 Å². The van der Waals surface area contributed by atoms with E-state index >= 15 is 0 Å². The van der Waals surface area contributed by atoms with Gasteiger partial charge in [-0.25, -0.2) is 4.98 Å². The van der Waals surface area contributed by atoms with Crippen molar-refractivity contribution in [3.8, 4) is 11.4 Å². The molecule has 3 aromatic heterocycles. The maximum atomic E-state index is 12.7. The number of fused-ring (bicyclic) bond motifs is 3. The van der Waals surface area contributed by atoms with Gasteiger partial charge in [0, 0.05) is 4.88 Å². The SMILES string of the molecule is COc1ccc(C)cc1-n1nnnc1SCc1nc2sc3c(c2c(=O)[nH]1)CCCC3. The molecule has 10 heteroatoms. The van der Waals surface area contributed by atoms with E-state index in [0.717, 1.165) is 40.7 Å². The molecule has 0 fully saturated rings. The lowest BCUT2D eigenvalue weighted by Crippen LogP contribution is -2.12. The number of thiophene rings is 1. The van der Waals surface area contributed by atoms with Crippen molar-refractivity contribution in [1.29, 1.82) is 0 Å². The highest BCUT2D eigenvalue weighted by Crippen LogP contribution is 2.34. The summed E-state index contributed by atoms with van der Waals surface area (Å²) in [6, 6.07) is 5.85. The van der Waals surface area contributed by atoms with Crippen LogP contribution in [0, 0.1) is 6.92 Å². The first kappa shape index (κ1) is 19.3. The number of ether oxygens (including phenoxy) is 1. The molecule has 1 aliphatic rings. The maximum Gasteiger partial charge on any atom is 0.259 e. The molecule has 0 saturated heterocycles. The number of methoxy groups -OCH3 is 1. The third-order valence-electron chi connectivity index (χ3n) is 5.22. The van der Waals surface area contributed by atoms with Crippen molar-refractivity contribution in [3.63, 3.8) is 0 Å². The standard InChI is InChI=1S/C20H20N6O2S2/c1-11-7-8-14(28-2)13(9-11)26-20(23-24-25-26)29-10-16-21-18(27)17-12-5-3-4-6-15(12)30-19(17)22-16/h7-9H,3-6,10H2,1-2H3,(H,21,22,27). The van der Waals surface area contributed by atoms with Gasteiger partial charge in [0.15, 0.2) is 0 Å². The number of hydrogen-bond donors (Lipinski definition) is 1. The molecule has 0 amide bonds. The molecule has 0 bridgehead atoms. The van der Waals surface area contributed by atoms with E-state index in [-0.39, 0.29) is 5.56 Å². The third kappa shape index (κ3) is 3.39. The van der Waals surface area contributed by atoms with Crippen molar-refractivity contribution in [2.24, 2.45) is 0 Å². The van der Waals surface area contributed by atoms with Gasteiger partial charge in [-0.3, -0.25) is 4.79 Å². The summed E-state index contributed by atoms with van der Waals surface area (Å²) in [4.78, 5) is 22.6. The maximum absolute atomic E-state index is 12.7. The van der Waals surface area contributed by atoms with Crippen molar-refractivity contribution in [2.75, 3.05) is 7.11 Å². The van der Waals surface area contributed by atoms with Crippen LogP contribution in [0.4, 0.5) is 0 Å². The molecule has 4 aromatic rings. The molecule has 5 rings (SSSR count). The van der Waals surface area contributed by atoms with Crippen LogP contribution in [0.3, 0.4) is 0 Å². The van der Waals surface area contributed by atoms with Crippen LogP contribution >= 0.6 is 23.1 Å². The molecule has 0 radical (unpaired) electrons. The fourth-order valence-electron chi connectivity index (χ4n) is 3.80. The fraction of sp³-hybridized carbons (Fsp3) is 0.350. The van der Waals surface area contributed by atoms with Gasteiger partial charge in [-0.2, -0.15) is 4.68 Å². The van der Waals surface area contributed by atoms with Gasteiger partial charge in [-0.1, -0.05) is 17.8 Å². The first-order valence-corrected chi connectivity index (χ1v) is 11.5. The molecule has 1 N–H and O–H groups in total. The molecule has 0 spiro atoms. The number of thioether (sulfide) groups is 1. The van der Waals surface area contributed by atoms with E-state index in [1.165, 1.54) is 28.6 Å². The van der Waals surface area contributed by atoms with Gasteiger partial charge in [0.05, 0.1) is 18.2 Å². The molecule has 0 atom stereocenters. The van der Waals surface area contributed by atoms with Crippen LogP contribution in [0.15, 0.2) is 28.2 Å². The number of aromatic amines is 1. The van der Waals surface area contributed by atoms with Crippen LogP contribution in [0.5, 0.6) is 5.75 Å². The van der Waals surface area contributed by atoms with Crippen LogP contribution in [0.1, 0.15) is 34.7 Å². The largest absolute Gasteiger partial charge is 0.494 e. The van der Waals surface area contributed by atoms with Gasteiger partial charge in [0.25, 0.3) is 5.56 Å². The predicted octanol–water partition coefficient (Wildman–Crippen LogP) is 3.45. The summed E-state index contributed by atoms with van der Waals surface area (Å²) >= 11 is 3.08. The normalized spacial score (nSPS) is 13.5. The molecule has 0 unspecified atom stereocenters. The molecule has 1 aliphatic carbocycles. The highest BCUT2D eigenvalue weighted by Gasteiger charge is 2.20. The number of aromatic nitrogens is 6. The minimum Gasteiger partial charge on any atom is -0.494 e. The van der Waals surface area contributed by atoms with E-state index in [9.17, 15) is 4.79 Å². The summed E-state index contributed by atoms with van der Waals surface area (Å²) in [7, 11) is 1.62. The number of tetrazole rings is 1. The van der Waals surface area contributed by atoms with Crippen LogP contribution in [0.2, 0.25) is 0 Å². The Balaban J connectivity index is 1.44. The number of hydrogen-bond acceptors (Lipinski definition) is 8. The summed E-state index contributed by atoms with van der Waals surface area (Å²) < 4.78 is 7.11. The summed E-state index contributed by atoms with van der Waals surface area (Å²) in [6.07, 6.45) is 4.35. The molecule has 154 valence electrons. The minimum atomic E-state index is -0.0463. The topological polar surface area (TPSA) is 98.6 Å². The Morgan fingerprint density at radius 2 is 2.17 bits per heavy atom. The highest BCUT2D eigenvalue weighted by molar-refractivity contribution is 7.98. The number of nitrogens with zero attached hydrogens (tertiary/aromatic N) is 5. The number of nitrogens with one attached hydrogen (secondary N) is 1. The molecule has 3 heterocycles. The van der Waals surface area contributed by atoms with Crippen LogP contribution in [-0.2, 0) is 18.6 Å².